The third kappa shape index (κ3) is 5.51. The van der Waals surface area contributed by atoms with Crippen LogP contribution in [-0.4, -0.2) is 31.0 Å². The molecule has 0 aliphatic heterocycles. The zero-order chi connectivity index (χ0) is 10.9. The number of aromatic nitrogens is 1. The first kappa shape index (κ1) is 13.0. The summed E-state index contributed by atoms with van der Waals surface area (Å²) >= 11 is 3.66. The zero-order valence-electron chi connectivity index (χ0n) is 9.28. The number of hydrogen-bond donors (Lipinski definition) is 1. The Hall–Kier alpha value is -0.100. The quantitative estimate of drug-likeness (QED) is 0.713. The van der Waals surface area contributed by atoms with Gasteiger partial charge in [0.15, 0.2) is 0 Å². The van der Waals surface area contributed by atoms with Crippen molar-refractivity contribution in [3.63, 3.8) is 0 Å². The van der Waals surface area contributed by atoms with Crippen LogP contribution >= 0.6 is 23.1 Å². The van der Waals surface area contributed by atoms with Crippen LogP contribution in [0.2, 0.25) is 0 Å². The Morgan fingerprint density at radius 2 is 2.47 bits per heavy atom. The summed E-state index contributed by atoms with van der Waals surface area (Å²) in [6.45, 7) is 4.65. The summed E-state index contributed by atoms with van der Waals surface area (Å²) in [7, 11) is 1.71. The molecule has 0 unspecified atom stereocenters. The van der Waals surface area contributed by atoms with Crippen molar-refractivity contribution in [1.29, 1.82) is 0 Å². The molecular weight excluding hydrogens is 228 g/mol. The molecule has 0 bridgehead atoms. The third-order valence-corrected chi connectivity index (χ3v) is 3.78. The average Bonchev–Trinajstić information content (AvgIpc) is 2.69. The molecule has 0 saturated carbocycles. The van der Waals surface area contributed by atoms with Crippen molar-refractivity contribution in [3.05, 3.63) is 16.1 Å². The lowest BCUT2D eigenvalue weighted by Gasteiger charge is -2.00. The number of rotatable bonds is 8. The van der Waals surface area contributed by atoms with Gasteiger partial charge >= 0.3 is 0 Å². The van der Waals surface area contributed by atoms with Gasteiger partial charge in [-0.3, -0.25) is 0 Å². The molecule has 0 aliphatic rings. The molecule has 1 heterocycles. The number of ether oxygens (including phenoxy) is 1. The Labute approximate surface area is 99.6 Å². The van der Waals surface area contributed by atoms with Crippen LogP contribution < -0.4 is 5.32 Å². The van der Waals surface area contributed by atoms with E-state index in [2.05, 4.69) is 22.6 Å². The molecule has 0 radical (unpaired) electrons. The van der Waals surface area contributed by atoms with Gasteiger partial charge in [-0.05, 0) is 5.75 Å². The molecule has 0 aliphatic carbocycles. The van der Waals surface area contributed by atoms with Gasteiger partial charge in [0.1, 0.15) is 5.01 Å². The number of hydrogen-bond acceptors (Lipinski definition) is 5. The van der Waals surface area contributed by atoms with E-state index in [-0.39, 0.29) is 0 Å². The Kier molecular flexibility index (Phi) is 7.00. The van der Waals surface area contributed by atoms with E-state index in [4.69, 9.17) is 4.74 Å². The minimum Gasteiger partial charge on any atom is -0.383 e. The van der Waals surface area contributed by atoms with Gasteiger partial charge in [-0.1, -0.05) is 6.92 Å². The number of nitrogens with zero attached hydrogens (tertiary/aromatic N) is 1. The summed E-state index contributed by atoms with van der Waals surface area (Å²) in [4.78, 5) is 4.54. The standard InChI is InChI=1S/C10H18N2OS2/c1-3-14-8-10-12-9(7-15-10)6-11-4-5-13-2/h7,11H,3-6,8H2,1-2H3. The molecule has 86 valence electrons. The number of nitrogens with one attached hydrogen (secondary N) is 1. The molecule has 1 N–H and O–H groups in total. The number of thioether (sulfide) groups is 1. The van der Waals surface area contributed by atoms with E-state index in [1.54, 1.807) is 18.4 Å². The van der Waals surface area contributed by atoms with Gasteiger partial charge in [-0.25, -0.2) is 4.98 Å². The smallest absolute Gasteiger partial charge is 0.103 e. The van der Waals surface area contributed by atoms with Crippen molar-refractivity contribution in [2.45, 2.75) is 19.2 Å². The molecule has 5 heteroatoms. The summed E-state index contributed by atoms with van der Waals surface area (Å²) in [6, 6.07) is 0. The maximum absolute atomic E-state index is 4.95. The highest BCUT2D eigenvalue weighted by molar-refractivity contribution is 7.98. The van der Waals surface area contributed by atoms with Gasteiger partial charge in [0.2, 0.25) is 0 Å². The lowest BCUT2D eigenvalue weighted by molar-refractivity contribution is 0.199. The van der Waals surface area contributed by atoms with E-state index >= 15 is 0 Å². The molecule has 1 aromatic heterocycles. The molecular formula is C10H18N2OS2. The predicted octanol–water partition coefficient (Wildman–Crippen LogP) is 2.13. The van der Waals surface area contributed by atoms with Crippen LogP contribution in [0.4, 0.5) is 0 Å². The van der Waals surface area contributed by atoms with E-state index in [0.29, 0.717) is 0 Å². The number of thiazole rings is 1. The molecule has 0 amide bonds. The predicted molar refractivity (Wildman–Crippen MR) is 67.5 cm³/mol. The van der Waals surface area contributed by atoms with E-state index in [9.17, 15) is 0 Å². The van der Waals surface area contributed by atoms with Gasteiger partial charge < -0.3 is 10.1 Å². The van der Waals surface area contributed by atoms with Gasteiger partial charge in [-0.15, -0.1) is 11.3 Å². The van der Waals surface area contributed by atoms with Gasteiger partial charge in [0.25, 0.3) is 0 Å². The summed E-state index contributed by atoms with van der Waals surface area (Å²) in [6.07, 6.45) is 0. The Morgan fingerprint density at radius 1 is 1.60 bits per heavy atom. The fraction of sp³-hybridized carbons (Fsp3) is 0.700. The van der Waals surface area contributed by atoms with E-state index in [0.717, 1.165) is 36.9 Å². The Morgan fingerprint density at radius 3 is 3.20 bits per heavy atom. The van der Waals surface area contributed by atoms with Crippen LogP contribution in [0.1, 0.15) is 17.6 Å². The SMILES string of the molecule is CCSCc1nc(CNCCOC)cs1. The van der Waals surface area contributed by atoms with E-state index < -0.39 is 0 Å². The second-order valence-electron chi connectivity index (χ2n) is 3.04. The van der Waals surface area contributed by atoms with Gasteiger partial charge in [0.05, 0.1) is 12.3 Å². The first-order valence-corrected chi connectivity index (χ1v) is 7.11. The minimum atomic E-state index is 0.753. The molecule has 0 spiro atoms. The maximum Gasteiger partial charge on any atom is 0.103 e. The number of methoxy groups -OCH3 is 1. The Bertz CT molecular complexity index is 266. The maximum atomic E-state index is 4.95. The monoisotopic (exact) mass is 246 g/mol. The summed E-state index contributed by atoms with van der Waals surface area (Å²) in [5, 5.41) is 6.64. The van der Waals surface area contributed by atoms with Crippen molar-refractivity contribution < 1.29 is 4.74 Å². The van der Waals surface area contributed by atoms with Crippen molar-refractivity contribution in [1.82, 2.24) is 10.3 Å². The fourth-order valence-corrected chi connectivity index (χ4v) is 2.62. The Balaban J connectivity index is 2.20. The lowest BCUT2D eigenvalue weighted by Crippen LogP contribution is -2.18. The van der Waals surface area contributed by atoms with Crippen LogP contribution in [0, 0.1) is 0 Å². The van der Waals surface area contributed by atoms with E-state index in [1.165, 1.54) is 5.01 Å². The largest absolute Gasteiger partial charge is 0.383 e. The highest BCUT2D eigenvalue weighted by Crippen LogP contribution is 2.16. The molecule has 0 fully saturated rings. The summed E-state index contributed by atoms with van der Waals surface area (Å²) in [5.41, 5.74) is 1.14. The van der Waals surface area contributed by atoms with Crippen molar-refractivity contribution in [2.75, 3.05) is 26.0 Å². The van der Waals surface area contributed by atoms with E-state index in [1.807, 2.05) is 11.8 Å². The molecule has 3 nitrogen and oxygen atoms in total. The summed E-state index contributed by atoms with van der Waals surface area (Å²) in [5.74, 6) is 2.19. The van der Waals surface area contributed by atoms with Crippen LogP contribution in [0.5, 0.6) is 0 Å². The van der Waals surface area contributed by atoms with Crippen LogP contribution in [0.15, 0.2) is 5.38 Å². The molecule has 1 rings (SSSR count). The van der Waals surface area contributed by atoms with Crippen molar-refractivity contribution in [3.8, 4) is 0 Å². The third-order valence-electron chi connectivity index (χ3n) is 1.82. The molecule has 0 atom stereocenters. The van der Waals surface area contributed by atoms with Crippen molar-refractivity contribution >= 4 is 23.1 Å². The molecule has 0 saturated heterocycles. The molecule has 15 heavy (non-hydrogen) atoms. The van der Waals surface area contributed by atoms with Crippen LogP contribution in [0.3, 0.4) is 0 Å². The molecule has 1 aromatic rings. The highest BCUT2D eigenvalue weighted by atomic mass is 32.2. The van der Waals surface area contributed by atoms with Gasteiger partial charge in [-0.2, -0.15) is 11.8 Å². The first-order chi connectivity index (χ1) is 7.36. The van der Waals surface area contributed by atoms with Crippen LogP contribution in [-0.2, 0) is 17.0 Å². The second kappa shape index (κ2) is 8.10. The zero-order valence-corrected chi connectivity index (χ0v) is 10.9. The average molecular weight is 246 g/mol. The second-order valence-corrected chi connectivity index (χ2v) is 5.26. The normalized spacial score (nSPS) is 10.8. The topological polar surface area (TPSA) is 34.2 Å². The van der Waals surface area contributed by atoms with Crippen molar-refractivity contribution in [2.24, 2.45) is 0 Å². The fourth-order valence-electron chi connectivity index (χ4n) is 1.08. The summed E-state index contributed by atoms with van der Waals surface area (Å²) < 4.78 is 4.95. The lowest BCUT2D eigenvalue weighted by atomic mass is 10.5. The molecule has 0 aromatic carbocycles. The van der Waals surface area contributed by atoms with Crippen LogP contribution in [0.25, 0.3) is 0 Å². The van der Waals surface area contributed by atoms with Gasteiger partial charge in [0, 0.05) is 31.3 Å². The minimum absolute atomic E-state index is 0.753. The first-order valence-electron chi connectivity index (χ1n) is 5.07. The highest BCUT2D eigenvalue weighted by Gasteiger charge is 2.00.